The number of hydrogen-bond acceptors (Lipinski definition) is 6. The van der Waals surface area contributed by atoms with Gasteiger partial charge in [-0.25, -0.2) is 9.97 Å². The fourth-order valence-corrected chi connectivity index (χ4v) is 1.95. The number of rotatable bonds is 8. The standard InChI is InChI=1S/C16H20N4O3/c1-22-10-9-17-15(21)13-7-8-18-16(20-13)19-11-12-5-3-4-6-14(12)23-2/h3-8H,9-11H2,1-2H3,(H,17,21)(H,18,19,20). The molecule has 0 aliphatic carbocycles. The Hall–Kier alpha value is -2.67. The van der Waals surface area contributed by atoms with E-state index in [4.69, 9.17) is 9.47 Å². The second-order valence-electron chi connectivity index (χ2n) is 4.68. The summed E-state index contributed by atoms with van der Waals surface area (Å²) in [5.74, 6) is 0.911. The molecule has 1 amide bonds. The van der Waals surface area contributed by atoms with E-state index in [1.165, 1.54) is 0 Å². The molecular weight excluding hydrogens is 296 g/mol. The minimum absolute atomic E-state index is 0.259. The lowest BCUT2D eigenvalue weighted by Gasteiger charge is -2.10. The quantitative estimate of drug-likeness (QED) is 0.718. The van der Waals surface area contributed by atoms with E-state index >= 15 is 0 Å². The van der Waals surface area contributed by atoms with Gasteiger partial charge in [0.05, 0.1) is 13.7 Å². The maximum Gasteiger partial charge on any atom is 0.270 e. The van der Waals surface area contributed by atoms with Crippen LogP contribution in [-0.2, 0) is 11.3 Å². The third-order valence-corrected chi connectivity index (χ3v) is 3.11. The number of para-hydroxylation sites is 1. The Kier molecular flexibility index (Phi) is 6.31. The van der Waals surface area contributed by atoms with Crippen molar-refractivity contribution in [3.8, 4) is 5.75 Å². The second kappa shape index (κ2) is 8.70. The molecular formula is C16H20N4O3. The minimum Gasteiger partial charge on any atom is -0.496 e. The number of anilines is 1. The Morgan fingerprint density at radius 2 is 2.04 bits per heavy atom. The molecule has 23 heavy (non-hydrogen) atoms. The first-order valence-electron chi connectivity index (χ1n) is 7.20. The van der Waals surface area contributed by atoms with E-state index in [9.17, 15) is 4.79 Å². The van der Waals surface area contributed by atoms with Crippen LogP contribution in [0.5, 0.6) is 5.75 Å². The maximum absolute atomic E-state index is 11.9. The van der Waals surface area contributed by atoms with Gasteiger partial charge in [-0.2, -0.15) is 0 Å². The second-order valence-corrected chi connectivity index (χ2v) is 4.68. The van der Waals surface area contributed by atoms with Crippen molar-refractivity contribution in [1.29, 1.82) is 0 Å². The summed E-state index contributed by atoms with van der Waals surface area (Å²) in [5, 5.41) is 5.81. The molecule has 0 saturated heterocycles. The number of methoxy groups -OCH3 is 2. The fourth-order valence-electron chi connectivity index (χ4n) is 1.95. The highest BCUT2D eigenvalue weighted by atomic mass is 16.5. The van der Waals surface area contributed by atoms with Crippen LogP contribution >= 0.6 is 0 Å². The summed E-state index contributed by atoms with van der Waals surface area (Å²) in [6.07, 6.45) is 1.54. The zero-order valence-electron chi connectivity index (χ0n) is 13.2. The third-order valence-electron chi connectivity index (χ3n) is 3.11. The highest BCUT2D eigenvalue weighted by Crippen LogP contribution is 2.17. The van der Waals surface area contributed by atoms with Crippen LogP contribution < -0.4 is 15.4 Å². The number of carbonyl (C=O) groups is 1. The highest BCUT2D eigenvalue weighted by molar-refractivity contribution is 5.92. The van der Waals surface area contributed by atoms with E-state index in [2.05, 4.69) is 20.6 Å². The van der Waals surface area contributed by atoms with Crippen molar-refractivity contribution >= 4 is 11.9 Å². The van der Waals surface area contributed by atoms with Gasteiger partial charge in [0.2, 0.25) is 5.95 Å². The van der Waals surface area contributed by atoms with Crippen molar-refractivity contribution in [2.24, 2.45) is 0 Å². The summed E-state index contributed by atoms with van der Waals surface area (Å²) in [7, 11) is 3.21. The van der Waals surface area contributed by atoms with Crippen LogP contribution in [0.4, 0.5) is 5.95 Å². The number of ether oxygens (including phenoxy) is 2. The number of hydrogen-bond donors (Lipinski definition) is 2. The molecule has 0 radical (unpaired) electrons. The lowest BCUT2D eigenvalue weighted by Crippen LogP contribution is -2.28. The molecule has 7 heteroatoms. The Morgan fingerprint density at radius 3 is 2.83 bits per heavy atom. The summed E-state index contributed by atoms with van der Waals surface area (Å²) in [6, 6.07) is 9.24. The van der Waals surface area contributed by atoms with Gasteiger partial charge in [-0.15, -0.1) is 0 Å². The van der Waals surface area contributed by atoms with Crippen LogP contribution in [0.1, 0.15) is 16.1 Å². The van der Waals surface area contributed by atoms with E-state index in [-0.39, 0.29) is 5.91 Å². The zero-order chi connectivity index (χ0) is 16.5. The molecule has 0 aliphatic heterocycles. The first-order valence-corrected chi connectivity index (χ1v) is 7.20. The molecule has 2 aromatic rings. The minimum atomic E-state index is -0.259. The molecule has 0 unspecified atom stereocenters. The predicted octanol–water partition coefficient (Wildman–Crippen LogP) is 1.47. The number of nitrogens with one attached hydrogen (secondary N) is 2. The summed E-state index contributed by atoms with van der Waals surface area (Å²) in [4.78, 5) is 20.3. The Balaban J connectivity index is 1.98. The average molecular weight is 316 g/mol. The Labute approximate surface area is 135 Å². The molecule has 0 aliphatic rings. The Bertz CT molecular complexity index is 649. The molecule has 7 nitrogen and oxygen atoms in total. The van der Waals surface area contributed by atoms with Crippen molar-refractivity contribution in [3.63, 3.8) is 0 Å². The summed E-state index contributed by atoms with van der Waals surface area (Å²) in [6.45, 7) is 1.39. The number of aromatic nitrogens is 2. The van der Waals surface area contributed by atoms with Gasteiger partial charge in [-0.05, 0) is 12.1 Å². The number of nitrogens with zero attached hydrogens (tertiary/aromatic N) is 2. The smallest absolute Gasteiger partial charge is 0.270 e. The zero-order valence-corrected chi connectivity index (χ0v) is 13.2. The summed E-state index contributed by atoms with van der Waals surface area (Å²) < 4.78 is 10.2. The van der Waals surface area contributed by atoms with Gasteiger partial charge in [0.1, 0.15) is 11.4 Å². The molecule has 0 bridgehead atoms. The number of benzene rings is 1. The van der Waals surface area contributed by atoms with E-state index < -0.39 is 0 Å². The molecule has 0 atom stereocenters. The van der Waals surface area contributed by atoms with Crippen LogP contribution in [0.3, 0.4) is 0 Å². The molecule has 1 aromatic carbocycles. The van der Waals surface area contributed by atoms with E-state index in [1.54, 1.807) is 26.5 Å². The van der Waals surface area contributed by atoms with Gasteiger partial charge < -0.3 is 20.1 Å². The molecule has 1 heterocycles. The van der Waals surface area contributed by atoms with Crippen molar-refractivity contribution in [2.45, 2.75) is 6.54 Å². The Morgan fingerprint density at radius 1 is 1.22 bits per heavy atom. The van der Waals surface area contributed by atoms with E-state index in [0.29, 0.717) is 31.3 Å². The molecule has 0 fully saturated rings. The fraction of sp³-hybridized carbons (Fsp3) is 0.312. The molecule has 2 rings (SSSR count). The first-order chi connectivity index (χ1) is 11.2. The lowest BCUT2D eigenvalue weighted by atomic mass is 10.2. The van der Waals surface area contributed by atoms with Gasteiger partial charge in [-0.1, -0.05) is 18.2 Å². The number of carbonyl (C=O) groups excluding carboxylic acids is 1. The SMILES string of the molecule is COCCNC(=O)c1ccnc(NCc2ccccc2OC)n1. The van der Waals surface area contributed by atoms with Crippen LogP contribution in [-0.4, -0.2) is 43.2 Å². The molecule has 1 aromatic heterocycles. The van der Waals surface area contributed by atoms with Gasteiger partial charge in [-0.3, -0.25) is 4.79 Å². The summed E-state index contributed by atoms with van der Waals surface area (Å²) >= 11 is 0. The van der Waals surface area contributed by atoms with Gasteiger partial charge >= 0.3 is 0 Å². The maximum atomic E-state index is 11.9. The lowest BCUT2D eigenvalue weighted by molar-refractivity contribution is 0.0932. The molecule has 2 N–H and O–H groups in total. The predicted molar refractivity (Wildman–Crippen MR) is 86.6 cm³/mol. The van der Waals surface area contributed by atoms with E-state index in [1.807, 2.05) is 24.3 Å². The van der Waals surface area contributed by atoms with Crippen molar-refractivity contribution in [2.75, 3.05) is 32.7 Å². The highest BCUT2D eigenvalue weighted by Gasteiger charge is 2.08. The topological polar surface area (TPSA) is 85.4 Å². The van der Waals surface area contributed by atoms with Crippen molar-refractivity contribution in [1.82, 2.24) is 15.3 Å². The molecule has 122 valence electrons. The van der Waals surface area contributed by atoms with Crippen LogP contribution in [0.25, 0.3) is 0 Å². The summed E-state index contributed by atoms with van der Waals surface area (Å²) in [5.41, 5.74) is 1.28. The molecule has 0 spiro atoms. The van der Waals surface area contributed by atoms with Gasteiger partial charge in [0.15, 0.2) is 0 Å². The van der Waals surface area contributed by atoms with Gasteiger partial charge in [0.25, 0.3) is 5.91 Å². The first kappa shape index (κ1) is 16.7. The largest absolute Gasteiger partial charge is 0.496 e. The van der Waals surface area contributed by atoms with Crippen molar-refractivity contribution in [3.05, 3.63) is 47.8 Å². The third kappa shape index (κ3) is 4.93. The number of amides is 1. The van der Waals surface area contributed by atoms with Crippen LogP contribution in [0.2, 0.25) is 0 Å². The molecule has 0 saturated carbocycles. The van der Waals surface area contributed by atoms with E-state index in [0.717, 1.165) is 11.3 Å². The van der Waals surface area contributed by atoms with Crippen LogP contribution in [0, 0.1) is 0 Å². The van der Waals surface area contributed by atoms with Gasteiger partial charge in [0, 0.05) is 32.0 Å². The van der Waals surface area contributed by atoms with Crippen LogP contribution in [0.15, 0.2) is 36.5 Å². The normalized spacial score (nSPS) is 10.2. The monoisotopic (exact) mass is 316 g/mol. The average Bonchev–Trinajstić information content (AvgIpc) is 2.60. The van der Waals surface area contributed by atoms with Crippen molar-refractivity contribution < 1.29 is 14.3 Å².